The summed E-state index contributed by atoms with van der Waals surface area (Å²) in [6, 6.07) is 27.5. The van der Waals surface area contributed by atoms with Crippen molar-refractivity contribution in [3.63, 3.8) is 0 Å². The third-order valence-electron chi connectivity index (χ3n) is 6.89. The molecule has 0 bridgehead atoms. The van der Waals surface area contributed by atoms with Crippen LogP contribution in [0.5, 0.6) is 0 Å². The van der Waals surface area contributed by atoms with Gasteiger partial charge in [0, 0.05) is 40.3 Å². The summed E-state index contributed by atoms with van der Waals surface area (Å²) in [6.07, 6.45) is 0.248. The van der Waals surface area contributed by atoms with Gasteiger partial charge in [0.2, 0.25) is 5.91 Å². The molecular weight excluding hydrogens is 589 g/mol. The molecule has 11 heteroatoms. The van der Waals surface area contributed by atoms with Crippen molar-refractivity contribution in [2.45, 2.75) is 5.92 Å². The van der Waals surface area contributed by atoms with E-state index in [1.165, 1.54) is 6.33 Å². The Morgan fingerprint density at radius 3 is 2.40 bits per heavy atom. The van der Waals surface area contributed by atoms with Crippen molar-refractivity contribution < 1.29 is 19.1 Å². The first-order valence-corrected chi connectivity index (χ1v) is 13.9. The van der Waals surface area contributed by atoms with Crippen molar-refractivity contribution in [1.29, 1.82) is 0 Å². The molecule has 2 aromatic heterocycles. The Bertz CT molecular complexity index is 1980. The summed E-state index contributed by atoms with van der Waals surface area (Å²) >= 11 is 12.1. The fourth-order valence-electron chi connectivity index (χ4n) is 4.82. The van der Waals surface area contributed by atoms with E-state index in [1.54, 1.807) is 42.5 Å². The Morgan fingerprint density at radius 2 is 1.60 bits per heavy atom. The molecule has 214 valence electrons. The van der Waals surface area contributed by atoms with Crippen LogP contribution in [0.4, 0.5) is 22.0 Å². The summed E-state index contributed by atoms with van der Waals surface area (Å²) in [5.41, 5.74) is 4.91. The van der Waals surface area contributed by atoms with Gasteiger partial charge in [-0.3, -0.25) is 4.79 Å². The minimum atomic E-state index is -1.24. The van der Waals surface area contributed by atoms with Crippen LogP contribution in [0.1, 0.15) is 11.5 Å². The zero-order chi connectivity index (χ0) is 29.9. The highest BCUT2D eigenvalue weighted by molar-refractivity contribution is 6.42. The highest BCUT2D eigenvalue weighted by Gasteiger charge is 2.23. The maximum Gasteiger partial charge on any atom is 0.404 e. The Hall–Kier alpha value is -5.12. The summed E-state index contributed by atoms with van der Waals surface area (Å²) in [5, 5.41) is 20.1. The van der Waals surface area contributed by atoms with Crippen molar-refractivity contribution in [2.24, 2.45) is 0 Å². The fraction of sp³-hybridized carbons (Fsp3) is 0.0625. The lowest BCUT2D eigenvalue weighted by Crippen LogP contribution is -2.33. The number of para-hydroxylation sites is 2. The van der Waals surface area contributed by atoms with Gasteiger partial charge in [0.25, 0.3) is 0 Å². The van der Waals surface area contributed by atoms with Crippen LogP contribution >= 0.6 is 23.2 Å². The van der Waals surface area contributed by atoms with E-state index >= 15 is 0 Å². The minimum Gasteiger partial charge on any atom is -0.465 e. The van der Waals surface area contributed by atoms with Crippen LogP contribution in [-0.2, 0) is 4.79 Å². The maximum absolute atomic E-state index is 13.2. The molecule has 4 N–H and O–H groups in total. The van der Waals surface area contributed by atoms with Crippen molar-refractivity contribution in [3.8, 4) is 11.3 Å². The second kappa shape index (κ2) is 12.0. The number of aromatic nitrogens is 2. The number of hydrogen-bond acceptors (Lipinski definition) is 6. The SMILES string of the molecule is O=C(O)NCC(C(=O)Nc1ccc(Nc2cc(-c3cccc4c3oc3ccccc34)ncn2)cc1)c1ccc(Cl)c(Cl)c1. The van der Waals surface area contributed by atoms with Gasteiger partial charge < -0.3 is 25.5 Å². The average Bonchev–Trinajstić information content (AvgIpc) is 3.39. The van der Waals surface area contributed by atoms with E-state index in [9.17, 15) is 9.59 Å². The molecule has 1 unspecified atom stereocenters. The molecular formula is C32H23Cl2N5O4. The van der Waals surface area contributed by atoms with Gasteiger partial charge in [-0.15, -0.1) is 0 Å². The number of carbonyl (C=O) groups is 2. The lowest BCUT2D eigenvalue weighted by molar-refractivity contribution is -0.117. The highest BCUT2D eigenvalue weighted by atomic mass is 35.5. The minimum absolute atomic E-state index is 0.142. The third kappa shape index (κ3) is 6.08. The van der Waals surface area contributed by atoms with Gasteiger partial charge in [0.05, 0.1) is 21.7 Å². The Labute approximate surface area is 255 Å². The molecule has 0 aliphatic heterocycles. The van der Waals surface area contributed by atoms with Crippen molar-refractivity contribution in [3.05, 3.63) is 113 Å². The zero-order valence-electron chi connectivity index (χ0n) is 22.3. The van der Waals surface area contributed by atoms with E-state index in [0.29, 0.717) is 27.8 Å². The number of nitrogens with zero attached hydrogens (tertiary/aromatic N) is 2. The highest BCUT2D eigenvalue weighted by Crippen LogP contribution is 2.35. The van der Waals surface area contributed by atoms with Crippen LogP contribution in [0.3, 0.4) is 0 Å². The van der Waals surface area contributed by atoms with Gasteiger partial charge in [-0.05, 0) is 54.1 Å². The van der Waals surface area contributed by atoms with Crippen LogP contribution in [0, 0.1) is 0 Å². The quantitative estimate of drug-likeness (QED) is 0.137. The number of carbonyl (C=O) groups excluding carboxylic acids is 1. The summed E-state index contributed by atoms with van der Waals surface area (Å²) in [7, 11) is 0. The number of halogens is 2. The smallest absolute Gasteiger partial charge is 0.404 e. The molecule has 0 aliphatic carbocycles. The molecule has 0 saturated heterocycles. The maximum atomic E-state index is 13.2. The zero-order valence-corrected chi connectivity index (χ0v) is 23.9. The van der Waals surface area contributed by atoms with E-state index in [-0.39, 0.29) is 11.6 Å². The number of carboxylic acid groups (broad SMARTS) is 1. The third-order valence-corrected chi connectivity index (χ3v) is 7.63. The summed E-state index contributed by atoms with van der Waals surface area (Å²) in [6.45, 7) is -0.142. The van der Waals surface area contributed by atoms with E-state index in [1.807, 2.05) is 48.5 Å². The van der Waals surface area contributed by atoms with Gasteiger partial charge in [-0.25, -0.2) is 14.8 Å². The summed E-state index contributed by atoms with van der Waals surface area (Å²) in [5.74, 6) is -0.665. The lowest BCUT2D eigenvalue weighted by atomic mass is 9.98. The molecule has 43 heavy (non-hydrogen) atoms. The molecule has 9 nitrogen and oxygen atoms in total. The van der Waals surface area contributed by atoms with Gasteiger partial charge in [-0.1, -0.05) is 59.6 Å². The second-order valence-corrected chi connectivity index (χ2v) is 10.5. The number of nitrogens with one attached hydrogen (secondary N) is 3. The molecule has 0 aliphatic rings. The molecule has 0 spiro atoms. The number of benzene rings is 4. The molecule has 2 amide bonds. The second-order valence-electron chi connectivity index (χ2n) is 9.67. The van der Waals surface area contributed by atoms with Crippen LogP contribution in [-0.4, -0.2) is 33.6 Å². The average molecular weight is 612 g/mol. The van der Waals surface area contributed by atoms with Crippen LogP contribution in [0.25, 0.3) is 33.2 Å². The predicted octanol–water partition coefficient (Wildman–Crippen LogP) is 8.08. The molecule has 6 aromatic rings. The molecule has 4 aromatic carbocycles. The number of rotatable bonds is 8. The van der Waals surface area contributed by atoms with Gasteiger partial charge in [-0.2, -0.15) is 0 Å². The van der Waals surface area contributed by atoms with E-state index < -0.39 is 17.9 Å². The molecule has 0 saturated carbocycles. The van der Waals surface area contributed by atoms with Gasteiger partial charge in [0.1, 0.15) is 23.3 Å². The van der Waals surface area contributed by atoms with Crippen LogP contribution in [0.15, 0.2) is 102 Å². The topological polar surface area (TPSA) is 129 Å². The predicted molar refractivity (Wildman–Crippen MR) is 168 cm³/mol. The summed E-state index contributed by atoms with van der Waals surface area (Å²) in [4.78, 5) is 33.1. The summed E-state index contributed by atoms with van der Waals surface area (Å²) < 4.78 is 6.16. The first kappa shape index (κ1) is 28.0. The largest absolute Gasteiger partial charge is 0.465 e. The monoisotopic (exact) mass is 611 g/mol. The fourth-order valence-corrected chi connectivity index (χ4v) is 5.12. The number of hydrogen-bond donors (Lipinski definition) is 4. The van der Waals surface area contributed by atoms with E-state index in [4.69, 9.17) is 32.7 Å². The standard InChI is InChI=1S/C32H23Cl2N5O4/c33-25-13-8-18(14-26(25)34)24(16-35-32(41)42)31(40)39-20-11-9-19(10-12-20)38-29-15-27(36-17-37-29)23-6-3-5-22-21-4-1-2-7-28(21)43-30(22)23/h1-15,17,24,35H,16H2,(H,39,40)(H,41,42)(H,36,37,38). The number of fused-ring (bicyclic) bond motifs is 3. The normalized spacial score (nSPS) is 11.8. The number of anilines is 3. The van der Waals surface area contributed by atoms with E-state index in [2.05, 4.69) is 25.9 Å². The molecule has 0 radical (unpaired) electrons. The molecule has 0 fully saturated rings. The molecule has 6 rings (SSSR count). The Kier molecular flexibility index (Phi) is 7.83. The van der Waals surface area contributed by atoms with Gasteiger partial charge in [0.15, 0.2) is 0 Å². The van der Waals surface area contributed by atoms with Crippen LogP contribution < -0.4 is 16.0 Å². The van der Waals surface area contributed by atoms with Gasteiger partial charge >= 0.3 is 6.09 Å². The lowest BCUT2D eigenvalue weighted by Gasteiger charge is -2.18. The number of amides is 2. The molecule has 1 atom stereocenters. The molecule has 2 heterocycles. The van der Waals surface area contributed by atoms with Crippen molar-refractivity contribution in [2.75, 3.05) is 17.2 Å². The number of furan rings is 1. The van der Waals surface area contributed by atoms with E-state index in [0.717, 1.165) is 33.2 Å². The van der Waals surface area contributed by atoms with Crippen molar-refractivity contribution >= 4 is 74.3 Å². The first-order chi connectivity index (χ1) is 20.9. The van der Waals surface area contributed by atoms with Crippen LogP contribution in [0.2, 0.25) is 10.0 Å². The Balaban J connectivity index is 1.18. The first-order valence-electron chi connectivity index (χ1n) is 13.2. The Morgan fingerprint density at radius 1 is 0.837 bits per heavy atom. The van der Waals surface area contributed by atoms with Crippen molar-refractivity contribution in [1.82, 2.24) is 15.3 Å².